The highest BCUT2D eigenvalue weighted by Gasteiger charge is 2.16. The molecule has 0 saturated carbocycles. The molecule has 0 atom stereocenters. The lowest BCUT2D eigenvalue weighted by Crippen LogP contribution is -2.28. The van der Waals surface area contributed by atoms with Crippen molar-refractivity contribution in [1.29, 1.82) is 0 Å². The van der Waals surface area contributed by atoms with Crippen LogP contribution in [-0.2, 0) is 24.3 Å². The van der Waals surface area contributed by atoms with Crippen molar-refractivity contribution in [1.82, 2.24) is 24.7 Å². The zero-order chi connectivity index (χ0) is 13.9. The smallest absolute Gasteiger partial charge is 0.265 e. The van der Waals surface area contributed by atoms with Gasteiger partial charge in [-0.15, -0.1) is 5.10 Å². The van der Waals surface area contributed by atoms with Gasteiger partial charge in [-0.25, -0.2) is 0 Å². The summed E-state index contributed by atoms with van der Waals surface area (Å²) in [7, 11) is 0. The van der Waals surface area contributed by atoms with E-state index < -0.39 is 0 Å². The number of hydrogen-bond donors (Lipinski definition) is 1. The van der Waals surface area contributed by atoms with Crippen molar-refractivity contribution in [3.63, 3.8) is 0 Å². The van der Waals surface area contributed by atoms with Crippen LogP contribution in [0.2, 0.25) is 0 Å². The van der Waals surface area contributed by atoms with Gasteiger partial charge in [0, 0.05) is 24.2 Å². The van der Waals surface area contributed by atoms with Crippen molar-refractivity contribution in [2.45, 2.75) is 26.5 Å². The Labute approximate surface area is 120 Å². The number of fused-ring (bicyclic) bond motifs is 1. The number of rotatable bonds is 4. The predicted molar refractivity (Wildman–Crippen MR) is 72.6 cm³/mol. The van der Waals surface area contributed by atoms with E-state index in [-0.39, 0.29) is 5.91 Å². The van der Waals surface area contributed by atoms with E-state index in [2.05, 4.69) is 20.0 Å². The van der Waals surface area contributed by atoms with Gasteiger partial charge in [-0.2, -0.15) is 5.10 Å². The molecule has 0 saturated heterocycles. The molecule has 3 heterocycles. The third-order valence-corrected chi connectivity index (χ3v) is 4.07. The Morgan fingerprint density at radius 3 is 3.30 bits per heavy atom. The van der Waals surface area contributed by atoms with Gasteiger partial charge in [0.25, 0.3) is 5.91 Å². The van der Waals surface area contributed by atoms with Crippen molar-refractivity contribution >= 4 is 17.4 Å². The third-order valence-electron chi connectivity index (χ3n) is 3.24. The lowest BCUT2D eigenvalue weighted by atomic mass is 10.2. The standard InChI is InChI=1S/C12H15N5O2S/c1-8-11(20-16-15-8)12(18)13-3-4-17-10-2-5-19-7-9(10)6-14-17/h6H,2-5,7H2,1H3,(H,13,18). The molecule has 0 aliphatic carbocycles. The Bertz CT molecular complexity index is 621. The van der Waals surface area contributed by atoms with Gasteiger partial charge < -0.3 is 10.1 Å². The molecule has 0 aromatic carbocycles. The van der Waals surface area contributed by atoms with Crippen molar-refractivity contribution in [3.05, 3.63) is 28.0 Å². The van der Waals surface area contributed by atoms with Gasteiger partial charge in [0.15, 0.2) is 0 Å². The highest BCUT2D eigenvalue weighted by Crippen LogP contribution is 2.15. The molecule has 1 aliphatic rings. The van der Waals surface area contributed by atoms with E-state index in [0.717, 1.165) is 30.1 Å². The lowest BCUT2D eigenvalue weighted by molar-refractivity contribution is 0.0953. The number of hydrogen-bond acceptors (Lipinski definition) is 6. The molecule has 0 radical (unpaired) electrons. The minimum Gasteiger partial charge on any atom is -0.376 e. The van der Waals surface area contributed by atoms with Crippen LogP contribution in [0.25, 0.3) is 0 Å². The number of aryl methyl sites for hydroxylation is 1. The zero-order valence-corrected chi connectivity index (χ0v) is 11.9. The Hall–Kier alpha value is -1.80. The summed E-state index contributed by atoms with van der Waals surface area (Å²) < 4.78 is 11.1. The first-order valence-electron chi connectivity index (χ1n) is 6.44. The van der Waals surface area contributed by atoms with E-state index in [9.17, 15) is 4.79 Å². The van der Waals surface area contributed by atoms with Crippen LogP contribution in [0.4, 0.5) is 0 Å². The second-order valence-corrected chi connectivity index (χ2v) is 5.34. The van der Waals surface area contributed by atoms with Crippen molar-refractivity contribution < 1.29 is 9.53 Å². The second-order valence-electron chi connectivity index (χ2n) is 4.59. The molecule has 0 unspecified atom stereocenters. The van der Waals surface area contributed by atoms with Crippen molar-refractivity contribution in [3.8, 4) is 0 Å². The first-order chi connectivity index (χ1) is 9.75. The Kier molecular flexibility index (Phi) is 3.75. The van der Waals surface area contributed by atoms with Crippen LogP contribution in [0.15, 0.2) is 6.20 Å². The molecule has 8 heteroatoms. The molecule has 2 aromatic rings. The van der Waals surface area contributed by atoms with Crippen LogP contribution in [0.5, 0.6) is 0 Å². The molecule has 0 bridgehead atoms. The van der Waals surface area contributed by atoms with E-state index in [4.69, 9.17) is 4.74 Å². The molecular weight excluding hydrogens is 278 g/mol. The highest BCUT2D eigenvalue weighted by molar-refractivity contribution is 7.07. The molecule has 7 nitrogen and oxygen atoms in total. The van der Waals surface area contributed by atoms with Crippen molar-refractivity contribution in [2.75, 3.05) is 13.2 Å². The molecule has 20 heavy (non-hydrogen) atoms. The Morgan fingerprint density at radius 1 is 1.60 bits per heavy atom. The molecule has 1 aliphatic heterocycles. The second kappa shape index (κ2) is 5.68. The van der Waals surface area contributed by atoms with Gasteiger partial charge in [0.1, 0.15) is 4.88 Å². The van der Waals surface area contributed by atoms with E-state index in [1.807, 2.05) is 10.9 Å². The number of carbonyl (C=O) groups excluding carboxylic acids is 1. The summed E-state index contributed by atoms with van der Waals surface area (Å²) >= 11 is 1.12. The number of ether oxygens (including phenoxy) is 1. The number of nitrogens with zero attached hydrogens (tertiary/aromatic N) is 4. The number of nitrogens with one attached hydrogen (secondary N) is 1. The fraction of sp³-hybridized carbons (Fsp3) is 0.500. The van der Waals surface area contributed by atoms with Gasteiger partial charge in [-0.3, -0.25) is 9.48 Å². The molecule has 1 N–H and O–H groups in total. The van der Waals surface area contributed by atoms with Gasteiger partial charge in [0.05, 0.1) is 31.6 Å². The predicted octanol–water partition coefficient (Wildman–Crippen LogP) is 0.546. The summed E-state index contributed by atoms with van der Waals surface area (Å²) in [6, 6.07) is 0. The van der Waals surface area contributed by atoms with Crippen LogP contribution < -0.4 is 5.32 Å². The molecule has 2 aromatic heterocycles. The maximum Gasteiger partial charge on any atom is 0.265 e. The quantitative estimate of drug-likeness (QED) is 0.890. The molecular formula is C12H15N5O2S. The summed E-state index contributed by atoms with van der Waals surface area (Å²) in [5.41, 5.74) is 3.02. The average Bonchev–Trinajstić information content (AvgIpc) is 3.05. The first kappa shape index (κ1) is 13.2. The monoisotopic (exact) mass is 293 g/mol. The minimum atomic E-state index is -0.123. The summed E-state index contributed by atoms with van der Waals surface area (Å²) in [4.78, 5) is 12.5. The molecule has 0 fully saturated rings. The normalized spacial score (nSPS) is 14.1. The van der Waals surface area contributed by atoms with Gasteiger partial charge in [-0.1, -0.05) is 4.49 Å². The summed E-state index contributed by atoms with van der Waals surface area (Å²) in [5, 5.41) is 11.0. The fourth-order valence-corrected chi connectivity index (χ4v) is 2.77. The van der Waals surface area contributed by atoms with E-state index >= 15 is 0 Å². The summed E-state index contributed by atoms with van der Waals surface area (Å²) in [5.74, 6) is -0.123. The number of carbonyl (C=O) groups is 1. The van der Waals surface area contributed by atoms with Crippen LogP contribution in [0, 0.1) is 6.92 Å². The fourth-order valence-electron chi connectivity index (χ4n) is 2.20. The van der Waals surface area contributed by atoms with Gasteiger partial charge in [0.2, 0.25) is 0 Å². The molecule has 3 rings (SSSR count). The zero-order valence-electron chi connectivity index (χ0n) is 11.1. The van der Waals surface area contributed by atoms with Gasteiger partial charge >= 0.3 is 0 Å². The minimum absolute atomic E-state index is 0.123. The average molecular weight is 293 g/mol. The lowest BCUT2D eigenvalue weighted by Gasteiger charge is -2.14. The largest absolute Gasteiger partial charge is 0.376 e. The van der Waals surface area contributed by atoms with E-state index in [1.165, 1.54) is 5.69 Å². The highest BCUT2D eigenvalue weighted by atomic mass is 32.1. The molecule has 1 amide bonds. The summed E-state index contributed by atoms with van der Waals surface area (Å²) in [6.45, 7) is 4.34. The molecule has 106 valence electrons. The maximum absolute atomic E-state index is 11.9. The van der Waals surface area contributed by atoms with Crippen LogP contribution in [0.3, 0.4) is 0 Å². The number of amides is 1. The van der Waals surface area contributed by atoms with Crippen LogP contribution in [0.1, 0.15) is 26.6 Å². The SMILES string of the molecule is Cc1nnsc1C(=O)NCCn1ncc2c1CCOC2. The van der Waals surface area contributed by atoms with Crippen LogP contribution in [-0.4, -0.2) is 38.4 Å². The number of aromatic nitrogens is 4. The third kappa shape index (κ3) is 2.56. The molecule has 0 spiro atoms. The Morgan fingerprint density at radius 2 is 2.50 bits per heavy atom. The maximum atomic E-state index is 11.9. The van der Waals surface area contributed by atoms with Crippen molar-refractivity contribution in [2.24, 2.45) is 0 Å². The van der Waals surface area contributed by atoms with Crippen LogP contribution >= 0.6 is 11.5 Å². The first-order valence-corrected chi connectivity index (χ1v) is 7.21. The van der Waals surface area contributed by atoms with E-state index in [0.29, 0.717) is 30.3 Å². The van der Waals surface area contributed by atoms with E-state index in [1.54, 1.807) is 6.92 Å². The van der Waals surface area contributed by atoms with Gasteiger partial charge in [-0.05, 0) is 18.5 Å². The topological polar surface area (TPSA) is 81.9 Å². The summed E-state index contributed by atoms with van der Waals surface area (Å²) in [6.07, 6.45) is 2.72. The Balaban J connectivity index is 1.57.